The van der Waals surface area contributed by atoms with Crippen LogP contribution in [0.3, 0.4) is 0 Å². The fourth-order valence-electron chi connectivity index (χ4n) is 1.75. The largest absolute Gasteiger partial charge is 0.371 e. The molecule has 2 rings (SSSR count). The number of aromatic nitrogens is 3. The lowest BCUT2D eigenvalue weighted by Crippen LogP contribution is -2.33. The lowest BCUT2D eigenvalue weighted by molar-refractivity contribution is 1.01. The SMILES string of the molecule is C=c1/c(=C(\N=C(C)C)NC)ncn1-c1ccncc1. The molecule has 2 heterocycles. The van der Waals surface area contributed by atoms with Crippen molar-refractivity contribution < 1.29 is 0 Å². The summed E-state index contributed by atoms with van der Waals surface area (Å²) in [5.41, 5.74) is 1.94. The van der Waals surface area contributed by atoms with Gasteiger partial charge in [0.15, 0.2) is 5.82 Å². The summed E-state index contributed by atoms with van der Waals surface area (Å²) in [5, 5.41) is 4.60. The van der Waals surface area contributed by atoms with Crippen LogP contribution < -0.4 is 16.0 Å². The van der Waals surface area contributed by atoms with Crippen LogP contribution >= 0.6 is 0 Å². The molecule has 98 valence electrons. The van der Waals surface area contributed by atoms with Crippen LogP contribution in [0.15, 0.2) is 35.8 Å². The summed E-state index contributed by atoms with van der Waals surface area (Å²) in [6.07, 6.45) is 5.22. The summed E-state index contributed by atoms with van der Waals surface area (Å²) in [4.78, 5) is 12.8. The average molecular weight is 255 g/mol. The smallest absolute Gasteiger partial charge is 0.153 e. The molecule has 0 aliphatic rings. The Morgan fingerprint density at radius 1 is 1.32 bits per heavy atom. The molecule has 0 atom stereocenters. The summed E-state index contributed by atoms with van der Waals surface area (Å²) in [5.74, 6) is 0.720. The van der Waals surface area contributed by atoms with Gasteiger partial charge < -0.3 is 5.32 Å². The van der Waals surface area contributed by atoms with Crippen LogP contribution in [-0.4, -0.2) is 27.3 Å². The highest BCUT2D eigenvalue weighted by Gasteiger charge is 2.02. The van der Waals surface area contributed by atoms with Crippen molar-refractivity contribution in [3.63, 3.8) is 0 Å². The zero-order valence-corrected chi connectivity index (χ0v) is 11.4. The minimum absolute atomic E-state index is 0.720. The first-order valence-electron chi connectivity index (χ1n) is 6.00. The molecule has 0 fully saturated rings. The molecule has 5 heteroatoms. The summed E-state index contributed by atoms with van der Waals surface area (Å²) in [7, 11) is 1.83. The number of aliphatic imine (C=N–C) groups is 1. The number of hydrogen-bond acceptors (Lipinski definition) is 4. The van der Waals surface area contributed by atoms with Gasteiger partial charge in [0.05, 0.1) is 11.0 Å². The standard InChI is InChI=1S/C14H17N5/c1-10(2)18-14(15-4)13-11(3)19(9-17-13)12-5-7-16-8-6-12/h5-9,15H,3H2,1-2,4H3/b14-13+. The maximum atomic E-state index is 4.43. The van der Waals surface area contributed by atoms with Crippen LogP contribution in [0, 0.1) is 0 Å². The first kappa shape index (κ1) is 13.0. The molecule has 0 spiro atoms. The van der Waals surface area contributed by atoms with Crippen LogP contribution in [0.25, 0.3) is 18.1 Å². The molecule has 2 aromatic rings. The Balaban J connectivity index is 2.65. The predicted molar refractivity (Wildman–Crippen MR) is 77.4 cm³/mol. The molecular weight excluding hydrogens is 238 g/mol. The summed E-state index contributed by atoms with van der Waals surface area (Å²) in [6, 6.07) is 3.82. The van der Waals surface area contributed by atoms with Crippen molar-refractivity contribution in [3.8, 4) is 5.69 Å². The second kappa shape index (κ2) is 5.48. The van der Waals surface area contributed by atoms with Crippen LogP contribution in [0.5, 0.6) is 0 Å². The highest BCUT2D eigenvalue weighted by molar-refractivity contribution is 5.82. The molecule has 0 saturated carbocycles. The number of hydrogen-bond donors (Lipinski definition) is 1. The van der Waals surface area contributed by atoms with Gasteiger partial charge >= 0.3 is 0 Å². The lowest BCUT2D eigenvalue weighted by atomic mass is 10.4. The Morgan fingerprint density at radius 2 is 2.00 bits per heavy atom. The van der Waals surface area contributed by atoms with Crippen LogP contribution in [0.2, 0.25) is 0 Å². The molecule has 0 saturated heterocycles. The Morgan fingerprint density at radius 3 is 2.58 bits per heavy atom. The quantitative estimate of drug-likeness (QED) is 0.810. The normalized spacial score (nSPS) is 11.9. The molecule has 0 aromatic carbocycles. The Kier molecular flexibility index (Phi) is 3.75. The topological polar surface area (TPSA) is 55.1 Å². The van der Waals surface area contributed by atoms with Gasteiger partial charge in [0.2, 0.25) is 0 Å². The third kappa shape index (κ3) is 2.70. The number of pyridine rings is 1. The van der Waals surface area contributed by atoms with Crippen molar-refractivity contribution in [2.45, 2.75) is 13.8 Å². The van der Waals surface area contributed by atoms with Gasteiger partial charge in [-0.15, -0.1) is 0 Å². The molecule has 1 N–H and O–H groups in total. The predicted octanol–water partition coefficient (Wildman–Crippen LogP) is 0.443. The summed E-state index contributed by atoms with van der Waals surface area (Å²) in [6.45, 7) is 7.97. The summed E-state index contributed by atoms with van der Waals surface area (Å²) >= 11 is 0. The highest BCUT2D eigenvalue weighted by Crippen LogP contribution is 1.99. The van der Waals surface area contributed by atoms with E-state index < -0.39 is 0 Å². The first-order valence-corrected chi connectivity index (χ1v) is 6.00. The van der Waals surface area contributed by atoms with E-state index in [1.165, 1.54) is 0 Å². The van der Waals surface area contributed by atoms with Gasteiger partial charge in [0.1, 0.15) is 11.7 Å². The highest BCUT2D eigenvalue weighted by atomic mass is 15.1. The second-order valence-electron chi connectivity index (χ2n) is 4.27. The van der Waals surface area contributed by atoms with Crippen molar-refractivity contribution in [2.75, 3.05) is 7.05 Å². The van der Waals surface area contributed by atoms with E-state index in [4.69, 9.17) is 0 Å². The van der Waals surface area contributed by atoms with E-state index in [1.807, 2.05) is 37.6 Å². The molecule has 0 aliphatic carbocycles. The molecular formula is C14H17N5. The van der Waals surface area contributed by atoms with Gasteiger partial charge in [0.25, 0.3) is 0 Å². The number of nitrogens with zero attached hydrogens (tertiary/aromatic N) is 4. The van der Waals surface area contributed by atoms with Gasteiger partial charge in [-0.1, -0.05) is 6.58 Å². The minimum atomic E-state index is 0.720. The van der Waals surface area contributed by atoms with E-state index in [1.54, 1.807) is 18.7 Å². The fourth-order valence-corrected chi connectivity index (χ4v) is 1.75. The molecule has 0 unspecified atom stereocenters. The van der Waals surface area contributed by atoms with Gasteiger partial charge in [-0.05, 0) is 26.0 Å². The first-order chi connectivity index (χ1) is 9.13. The van der Waals surface area contributed by atoms with E-state index in [0.717, 1.165) is 27.9 Å². The molecule has 0 amide bonds. The molecule has 19 heavy (non-hydrogen) atoms. The van der Waals surface area contributed by atoms with Crippen LogP contribution in [-0.2, 0) is 0 Å². The van der Waals surface area contributed by atoms with Crippen molar-refractivity contribution in [1.82, 2.24) is 19.9 Å². The molecule has 2 aromatic heterocycles. The molecule has 0 aliphatic heterocycles. The van der Waals surface area contributed by atoms with Gasteiger partial charge in [-0.3, -0.25) is 9.55 Å². The minimum Gasteiger partial charge on any atom is -0.371 e. The van der Waals surface area contributed by atoms with E-state index in [0.29, 0.717) is 0 Å². The number of nitrogens with one attached hydrogen (secondary N) is 1. The van der Waals surface area contributed by atoms with Gasteiger partial charge in [0, 0.05) is 25.2 Å². The second-order valence-corrected chi connectivity index (χ2v) is 4.27. The van der Waals surface area contributed by atoms with E-state index in [2.05, 4.69) is 26.9 Å². The van der Waals surface area contributed by atoms with E-state index in [9.17, 15) is 0 Å². The van der Waals surface area contributed by atoms with Crippen LogP contribution in [0.4, 0.5) is 0 Å². The number of rotatable bonds is 3. The lowest BCUT2D eigenvalue weighted by Gasteiger charge is -2.01. The molecule has 0 bridgehead atoms. The van der Waals surface area contributed by atoms with E-state index in [-0.39, 0.29) is 0 Å². The maximum Gasteiger partial charge on any atom is 0.153 e. The Hall–Kier alpha value is -2.43. The van der Waals surface area contributed by atoms with Gasteiger partial charge in [-0.25, -0.2) is 9.98 Å². The maximum absolute atomic E-state index is 4.43. The monoisotopic (exact) mass is 255 g/mol. The fraction of sp³-hybridized carbons (Fsp3) is 0.214. The van der Waals surface area contributed by atoms with Crippen LogP contribution in [0.1, 0.15) is 13.8 Å². The van der Waals surface area contributed by atoms with Crippen molar-refractivity contribution in [1.29, 1.82) is 0 Å². The molecule has 5 nitrogen and oxygen atoms in total. The summed E-state index contributed by atoms with van der Waals surface area (Å²) < 4.78 is 1.91. The zero-order valence-electron chi connectivity index (χ0n) is 11.4. The molecule has 0 radical (unpaired) electrons. The Bertz CT molecular complexity index is 693. The van der Waals surface area contributed by atoms with Gasteiger partial charge in [-0.2, -0.15) is 0 Å². The van der Waals surface area contributed by atoms with E-state index >= 15 is 0 Å². The average Bonchev–Trinajstić information content (AvgIpc) is 2.78. The van der Waals surface area contributed by atoms with Crippen molar-refractivity contribution >= 4 is 18.1 Å². The van der Waals surface area contributed by atoms with Crippen molar-refractivity contribution in [2.24, 2.45) is 4.99 Å². The zero-order chi connectivity index (χ0) is 13.8. The third-order valence-corrected chi connectivity index (χ3v) is 2.60. The number of imidazole rings is 1. The van der Waals surface area contributed by atoms with Crippen molar-refractivity contribution in [3.05, 3.63) is 41.6 Å². The third-order valence-electron chi connectivity index (χ3n) is 2.60. The Labute approximate surface area is 112 Å².